The van der Waals surface area contributed by atoms with Crippen LogP contribution in [0.3, 0.4) is 0 Å². The van der Waals surface area contributed by atoms with Crippen LogP contribution in [0.1, 0.15) is 25.0 Å². The van der Waals surface area contributed by atoms with Crippen molar-refractivity contribution in [3.8, 4) is 11.5 Å². The van der Waals surface area contributed by atoms with Crippen molar-refractivity contribution in [3.63, 3.8) is 0 Å². The standard InChI is InChI=1S/C30H36ClN3O6S/c1-21(2)32-30(36)26(17-22-10-7-6-8-11-22)33(19-23-12-9-13-24(31)16-23)29(35)20-34(41(5,37)38)25-14-15-27(39-3)28(18-25)40-4/h6-16,18,21,26H,17,19-20H2,1-5H3,(H,32,36)/t26-/m1/s1. The second-order valence-corrected chi connectivity index (χ2v) is 12.2. The normalized spacial score (nSPS) is 12.0. The van der Waals surface area contributed by atoms with E-state index in [0.29, 0.717) is 22.1 Å². The van der Waals surface area contributed by atoms with Gasteiger partial charge < -0.3 is 19.7 Å². The number of sulfonamides is 1. The van der Waals surface area contributed by atoms with E-state index in [-0.39, 0.29) is 30.6 Å². The van der Waals surface area contributed by atoms with Gasteiger partial charge in [0, 0.05) is 30.1 Å². The maximum absolute atomic E-state index is 14.1. The fourth-order valence-electron chi connectivity index (χ4n) is 4.36. The quantitative estimate of drug-likeness (QED) is 0.313. The molecule has 9 nitrogen and oxygen atoms in total. The molecule has 0 fully saturated rings. The third-order valence-corrected chi connectivity index (χ3v) is 7.65. The molecule has 0 saturated carbocycles. The molecular formula is C30H36ClN3O6S. The van der Waals surface area contributed by atoms with Gasteiger partial charge >= 0.3 is 0 Å². The maximum Gasteiger partial charge on any atom is 0.244 e. The number of ether oxygens (including phenoxy) is 2. The second kappa shape index (κ2) is 14.2. The highest BCUT2D eigenvalue weighted by Gasteiger charge is 2.33. The SMILES string of the molecule is COc1ccc(N(CC(=O)N(Cc2cccc(Cl)c2)[C@H](Cc2ccccc2)C(=O)NC(C)C)S(C)(=O)=O)cc1OC. The molecule has 2 amide bonds. The number of anilines is 1. The smallest absolute Gasteiger partial charge is 0.244 e. The first kappa shape index (κ1) is 31.8. The number of nitrogens with zero attached hydrogens (tertiary/aromatic N) is 2. The van der Waals surface area contributed by atoms with E-state index in [1.54, 1.807) is 30.3 Å². The van der Waals surface area contributed by atoms with Gasteiger partial charge in [-0.25, -0.2) is 8.42 Å². The molecule has 41 heavy (non-hydrogen) atoms. The summed E-state index contributed by atoms with van der Waals surface area (Å²) in [6.07, 6.45) is 1.24. The molecule has 0 radical (unpaired) electrons. The van der Waals surface area contributed by atoms with E-state index in [4.69, 9.17) is 21.1 Å². The summed E-state index contributed by atoms with van der Waals surface area (Å²) in [6.45, 7) is 3.16. The predicted molar refractivity (Wildman–Crippen MR) is 161 cm³/mol. The lowest BCUT2D eigenvalue weighted by Gasteiger charge is -2.34. The average molecular weight is 602 g/mol. The molecule has 3 aromatic carbocycles. The van der Waals surface area contributed by atoms with E-state index < -0.39 is 28.5 Å². The molecule has 11 heteroatoms. The summed E-state index contributed by atoms with van der Waals surface area (Å²) >= 11 is 6.23. The lowest BCUT2D eigenvalue weighted by atomic mass is 10.0. The van der Waals surface area contributed by atoms with Crippen LogP contribution in [-0.4, -0.2) is 64.2 Å². The van der Waals surface area contributed by atoms with E-state index in [1.165, 1.54) is 31.3 Å². The van der Waals surface area contributed by atoms with Gasteiger partial charge in [0.15, 0.2) is 11.5 Å². The number of carbonyl (C=O) groups is 2. The minimum Gasteiger partial charge on any atom is -0.493 e. The molecule has 220 valence electrons. The first-order valence-corrected chi connectivity index (χ1v) is 15.2. The summed E-state index contributed by atoms with van der Waals surface area (Å²) in [5.74, 6) is -0.201. The van der Waals surface area contributed by atoms with Crippen molar-refractivity contribution in [2.75, 3.05) is 31.3 Å². The molecular weight excluding hydrogens is 566 g/mol. The predicted octanol–water partition coefficient (Wildman–Crippen LogP) is 4.29. The third kappa shape index (κ3) is 8.86. The number of nitrogens with one attached hydrogen (secondary N) is 1. The Balaban J connectivity index is 2.08. The van der Waals surface area contributed by atoms with Crippen molar-refractivity contribution >= 4 is 39.1 Å². The number of halogens is 1. The summed E-state index contributed by atoms with van der Waals surface area (Å²) in [6, 6.07) is 19.8. The largest absolute Gasteiger partial charge is 0.493 e. The lowest BCUT2D eigenvalue weighted by Crippen LogP contribution is -2.54. The van der Waals surface area contributed by atoms with Crippen LogP contribution < -0.4 is 19.1 Å². The Morgan fingerprint density at radius 3 is 2.15 bits per heavy atom. The van der Waals surface area contributed by atoms with E-state index in [9.17, 15) is 18.0 Å². The van der Waals surface area contributed by atoms with Crippen molar-refractivity contribution in [2.24, 2.45) is 0 Å². The van der Waals surface area contributed by atoms with Gasteiger partial charge in [-0.2, -0.15) is 0 Å². The zero-order valence-electron chi connectivity index (χ0n) is 23.8. The molecule has 1 atom stereocenters. The van der Waals surface area contributed by atoms with Gasteiger partial charge in [-0.15, -0.1) is 0 Å². The summed E-state index contributed by atoms with van der Waals surface area (Å²) < 4.78 is 37.6. The molecule has 0 aliphatic rings. The summed E-state index contributed by atoms with van der Waals surface area (Å²) in [5.41, 5.74) is 1.76. The average Bonchev–Trinajstić information content (AvgIpc) is 2.92. The van der Waals surface area contributed by atoms with Crippen LogP contribution in [0, 0.1) is 0 Å². The van der Waals surface area contributed by atoms with Crippen molar-refractivity contribution in [1.82, 2.24) is 10.2 Å². The highest BCUT2D eigenvalue weighted by atomic mass is 35.5. The first-order valence-electron chi connectivity index (χ1n) is 13.0. The third-order valence-electron chi connectivity index (χ3n) is 6.28. The zero-order valence-corrected chi connectivity index (χ0v) is 25.4. The topological polar surface area (TPSA) is 105 Å². The summed E-state index contributed by atoms with van der Waals surface area (Å²) in [7, 11) is -1.02. The molecule has 0 saturated heterocycles. The molecule has 0 spiro atoms. The highest BCUT2D eigenvalue weighted by Crippen LogP contribution is 2.32. The van der Waals surface area contributed by atoms with Gasteiger partial charge in [0.1, 0.15) is 12.6 Å². The van der Waals surface area contributed by atoms with Crippen molar-refractivity contribution in [1.29, 1.82) is 0 Å². The molecule has 0 bridgehead atoms. The lowest BCUT2D eigenvalue weighted by molar-refractivity contribution is -0.140. The molecule has 3 aromatic rings. The number of carbonyl (C=O) groups excluding carboxylic acids is 2. The second-order valence-electron chi connectivity index (χ2n) is 9.83. The monoisotopic (exact) mass is 601 g/mol. The summed E-state index contributed by atoms with van der Waals surface area (Å²) in [5, 5.41) is 3.39. The molecule has 0 aliphatic carbocycles. The van der Waals surface area contributed by atoms with Crippen molar-refractivity contribution in [3.05, 3.63) is 88.9 Å². The number of benzene rings is 3. The Bertz CT molecular complexity index is 1450. The van der Waals surface area contributed by atoms with Gasteiger partial charge in [-0.3, -0.25) is 13.9 Å². The fraction of sp³-hybridized carbons (Fsp3) is 0.333. The number of hydrogen-bond acceptors (Lipinski definition) is 6. The molecule has 0 aliphatic heterocycles. The van der Waals surface area contributed by atoms with Crippen molar-refractivity contribution in [2.45, 2.75) is 38.9 Å². The molecule has 1 N–H and O–H groups in total. The van der Waals surface area contributed by atoms with Crippen LogP contribution in [0.4, 0.5) is 5.69 Å². The van der Waals surface area contributed by atoms with Crippen LogP contribution in [0.5, 0.6) is 11.5 Å². The highest BCUT2D eigenvalue weighted by molar-refractivity contribution is 7.92. The van der Waals surface area contributed by atoms with E-state index >= 15 is 0 Å². The molecule has 0 aromatic heterocycles. The van der Waals surface area contributed by atoms with Gasteiger partial charge in [0.2, 0.25) is 21.8 Å². The molecule has 0 unspecified atom stereocenters. The van der Waals surface area contributed by atoms with Crippen LogP contribution in [0.15, 0.2) is 72.8 Å². The van der Waals surface area contributed by atoms with Crippen LogP contribution >= 0.6 is 11.6 Å². The van der Waals surface area contributed by atoms with Gasteiger partial charge in [0.25, 0.3) is 0 Å². The van der Waals surface area contributed by atoms with Crippen molar-refractivity contribution < 1.29 is 27.5 Å². The Hall–Kier alpha value is -3.76. The van der Waals surface area contributed by atoms with E-state index in [1.807, 2.05) is 44.2 Å². The minimum absolute atomic E-state index is 0.0337. The number of methoxy groups -OCH3 is 2. The Kier molecular flexibility index (Phi) is 11.0. The molecule has 3 rings (SSSR count). The summed E-state index contributed by atoms with van der Waals surface area (Å²) in [4.78, 5) is 29.1. The number of hydrogen-bond donors (Lipinski definition) is 1. The maximum atomic E-state index is 14.1. The zero-order chi connectivity index (χ0) is 30.2. The van der Waals surface area contributed by atoms with Crippen LogP contribution in [0.2, 0.25) is 5.02 Å². The van der Waals surface area contributed by atoms with E-state index in [2.05, 4.69) is 5.32 Å². The Morgan fingerprint density at radius 2 is 1.56 bits per heavy atom. The minimum atomic E-state index is -3.93. The number of amides is 2. The van der Waals surface area contributed by atoms with Crippen LogP contribution in [0.25, 0.3) is 0 Å². The van der Waals surface area contributed by atoms with E-state index in [0.717, 1.165) is 16.1 Å². The fourth-order valence-corrected chi connectivity index (χ4v) is 5.41. The number of rotatable bonds is 13. The van der Waals surface area contributed by atoms with Crippen LogP contribution in [-0.2, 0) is 32.6 Å². The van der Waals surface area contributed by atoms with Gasteiger partial charge in [0.05, 0.1) is 26.2 Å². The molecule has 0 heterocycles. The van der Waals surface area contributed by atoms with Gasteiger partial charge in [-0.05, 0) is 49.2 Å². The van der Waals surface area contributed by atoms with Gasteiger partial charge in [-0.1, -0.05) is 54.1 Å². The Labute approximate surface area is 247 Å². The Morgan fingerprint density at radius 1 is 0.902 bits per heavy atom. The first-order chi connectivity index (χ1) is 19.4.